The fraction of sp³-hybridized carbons (Fsp3) is 0.143. The van der Waals surface area contributed by atoms with Crippen LogP contribution in [0.25, 0.3) is 0 Å². The first-order valence-electron chi connectivity index (χ1n) is 4.56. The van der Waals surface area contributed by atoms with Gasteiger partial charge >= 0.3 is 28.7 Å². The normalized spacial score (nSPS) is 16.6. The smallest absolute Gasteiger partial charge is 0.458 e. The summed E-state index contributed by atoms with van der Waals surface area (Å²) in [6, 6.07) is 5.16. The molecule has 0 spiro atoms. The lowest BCUT2D eigenvalue weighted by Crippen LogP contribution is -2.46. The van der Waals surface area contributed by atoms with Crippen LogP contribution in [0, 0.1) is 0 Å². The summed E-state index contributed by atoms with van der Waals surface area (Å²) in [5, 5.41) is 0. The molecular formula is C7H6B3F3O3. The largest absolute Gasteiger partial charge is 0.466 e. The maximum Gasteiger partial charge on any atom is 0.466 e. The van der Waals surface area contributed by atoms with Gasteiger partial charge < -0.3 is 13.7 Å². The molecule has 0 radical (unpaired) electrons. The van der Waals surface area contributed by atoms with E-state index in [1.165, 1.54) is 18.2 Å². The monoisotopic (exact) mass is 228 g/mol. The van der Waals surface area contributed by atoms with Gasteiger partial charge in [-0.3, -0.25) is 0 Å². The van der Waals surface area contributed by atoms with Crippen LogP contribution in [0.1, 0.15) is 5.56 Å². The van der Waals surface area contributed by atoms with E-state index in [-0.39, 0.29) is 20.8 Å². The summed E-state index contributed by atoms with van der Waals surface area (Å²) >= 11 is 0. The van der Waals surface area contributed by atoms with Crippen molar-refractivity contribution >= 4 is 28.0 Å². The van der Waals surface area contributed by atoms with Gasteiger partial charge in [0.15, 0.2) is 0 Å². The van der Waals surface area contributed by atoms with Gasteiger partial charge in [0, 0.05) is 0 Å². The molecule has 1 aliphatic rings. The average Bonchev–Trinajstić information content (AvgIpc) is 2.29. The third kappa shape index (κ3) is 2.42. The Hall–Kier alpha value is -0.915. The number of benzene rings is 1. The van der Waals surface area contributed by atoms with Crippen LogP contribution in [0.2, 0.25) is 0 Å². The van der Waals surface area contributed by atoms with Crippen molar-refractivity contribution in [2.24, 2.45) is 0 Å². The lowest BCUT2D eigenvalue weighted by Gasteiger charge is -2.22. The Morgan fingerprint density at radius 3 is 2.31 bits per heavy atom. The topological polar surface area (TPSA) is 27.7 Å². The third-order valence-electron chi connectivity index (χ3n) is 2.13. The van der Waals surface area contributed by atoms with Crippen molar-refractivity contribution in [2.75, 3.05) is 0 Å². The Morgan fingerprint density at radius 1 is 1.06 bits per heavy atom. The van der Waals surface area contributed by atoms with Crippen LogP contribution in [0.15, 0.2) is 24.3 Å². The quantitative estimate of drug-likeness (QED) is 0.632. The first-order valence-corrected chi connectivity index (χ1v) is 4.56. The van der Waals surface area contributed by atoms with E-state index in [4.69, 9.17) is 13.7 Å². The first-order chi connectivity index (χ1) is 7.59. The van der Waals surface area contributed by atoms with Gasteiger partial charge in [-0.15, -0.1) is 0 Å². The van der Waals surface area contributed by atoms with Crippen LogP contribution in [-0.4, -0.2) is 22.5 Å². The summed E-state index contributed by atoms with van der Waals surface area (Å²) in [6.45, 7) is 0. The van der Waals surface area contributed by atoms with E-state index in [0.717, 1.165) is 6.07 Å². The van der Waals surface area contributed by atoms with Crippen LogP contribution >= 0.6 is 0 Å². The number of hydrogen-bond acceptors (Lipinski definition) is 3. The van der Waals surface area contributed by atoms with E-state index in [0.29, 0.717) is 0 Å². The standard InChI is InChI=1S/C7H6B3F3O3/c11-7(12,13)5-3-1-2-4-6(5)10-15-8-14-9-16-10/h1-4,8-9H. The van der Waals surface area contributed by atoms with Crippen molar-refractivity contribution in [2.45, 2.75) is 6.18 Å². The fourth-order valence-electron chi connectivity index (χ4n) is 1.44. The minimum Gasteiger partial charge on any atom is -0.458 e. The van der Waals surface area contributed by atoms with Crippen molar-refractivity contribution < 1.29 is 26.9 Å². The molecule has 1 fully saturated rings. The highest BCUT2D eigenvalue weighted by Gasteiger charge is 2.38. The van der Waals surface area contributed by atoms with E-state index in [9.17, 15) is 13.2 Å². The van der Waals surface area contributed by atoms with E-state index in [1.807, 2.05) is 0 Å². The number of hydrogen-bond donors (Lipinski definition) is 0. The molecule has 1 aliphatic heterocycles. The zero-order valence-electron chi connectivity index (χ0n) is 8.16. The Labute approximate surface area is 91.6 Å². The minimum atomic E-state index is -4.42. The molecule has 0 aliphatic carbocycles. The summed E-state index contributed by atoms with van der Waals surface area (Å²) in [5.41, 5.74) is -0.778. The van der Waals surface area contributed by atoms with Gasteiger partial charge in [0.05, 0.1) is 5.56 Å². The lowest BCUT2D eigenvalue weighted by molar-refractivity contribution is -0.136. The maximum absolute atomic E-state index is 12.7. The fourth-order valence-corrected chi connectivity index (χ4v) is 1.44. The van der Waals surface area contributed by atoms with Gasteiger partial charge in [-0.25, -0.2) is 0 Å². The van der Waals surface area contributed by atoms with E-state index < -0.39 is 18.9 Å². The van der Waals surface area contributed by atoms with Gasteiger partial charge in [-0.05, 0) is 5.46 Å². The van der Waals surface area contributed by atoms with Crippen LogP contribution < -0.4 is 5.46 Å². The van der Waals surface area contributed by atoms with Gasteiger partial charge in [-0.1, -0.05) is 24.3 Å². The molecule has 82 valence electrons. The molecule has 0 aromatic heterocycles. The summed E-state index contributed by atoms with van der Waals surface area (Å²) in [4.78, 5) is 0. The van der Waals surface area contributed by atoms with E-state index in [1.54, 1.807) is 0 Å². The molecule has 0 atom stereocenters. The third-order valence-corrected chi connectivity index (χ3v) is 2.13. The Kier molecular flexibility index (Phi) is 3.27. The zero-order valence-corrected chi connectivity index (χ0v) is 8.16. The molecule has 1 aromatic rings. The molecule has 16 heavy (non-hydrogen) atoms. The molecule has 0 bridgehead atoms. The number of halogens is 3. The molecule has 3 nitrogen and oxygen atoms in total. The SMILES string of the molecule is FC(F)(F)c1ccccc1B1OBOBO1. The molecule has 0 unspecified atom stereocenters. The van der Waals surface area contributed by atoms with Gasteiger partial charge in [0.2, 0.25) is 0 Å². The number of alkyl halides is 3. The van der Waals surface area contributed by atoms with Crippen molar-refractivity contribution in [3.63, 3.8) is 0 Å². The highest BCUT2D eigenvalue weighted by Crippen LogP contribution is 2.28. The van der Waals surface area contributed by atoms with E-state index >= 15 is 0 Å². The maximum atomic E-state index is 12.7. The summed E-state index contributed by atoms with van der Waals surface area (Å²) in [7, 11) is -1.17. The predicted molar refractivity (Wildman–Crippen MR) is 54.4 cm³/mol. The van der Waals surface area contributed by atoms with E-state index in [2.05, 4.69) is 0 Å². The number of rotatable bonds is 1. The summed E-state index contributed by atoms with van der Waals surface area (Å²) < 4.78 is 52.6. The van der Waals surface area contributed by atoms with Crippen LogP contribution in [0.4, 0.5) is 13.2 Å². The highest BCUT2D eigenvalue weighted by atomic mass is 19.4. The molecule has 1 heterocycles. The van der Waals surface area contributed by atoms with Gasteiger partial charge in [0.1, 0.15) is 0 Å². The summed E-state index contributed by atoms with van der Waals surface area (Å²) in [6.07, 6.45) is -4.42. The van der Waals surface area contributed by atoms with Crippen LogP contribution in [0.3, 0.4) is 0 Å². The summed E-state index contributed by atoms with van der Waals surface area (Å²) in [5.74, 6) is 0. The Balaban J connectivity index is 2.32. The van der Waals surface area contributed by atoms with Crippen molar-refractivity contribution in [1.29, 1.82) is 0 Å². The molecule has 1 saturated heterocycles. The Morgan fingerprint density at radius 2 is 1.69 bits per heavy atom. The van der Waals surface area contributed by atoms with Crippen molar-refractivity contribution in [1.82, 2.24) is 0 Å². The van der Waals surface area contributed by atoms with Gasteiger partial charge in [-0.2, -0.15) is 13.2 Å². The second-order valence-electron chi connectivity index (χ2n) is 3.19. The highest BCUT2D eigenvalue weighted by molar-refractivity contribution is 6.71. The molecular weight excluding hydrogens is 222 g/mol. The van der Waals surface area contributed by atoms with Crippen molar-refractivity contribution in [3.05, 3.63) is 29.8 Å². The second-order valence-corrected chi connectivity index (χ2v) is 3.19. The van der Waals surface area contributed by atoms with Crippen LogP contribution in [-0.2, 0) is 19.9 Å². The lowest BCUT2D eigenvalue weighted by atomic mass is 9.72. The average molecular weight is 228 g/mol. The van der Waals surface area contributed by atoms with Gasteiger partial charge in [0.25, 0.3) is 0 Å². The molecule has 2 rings (SSSR count). The van der Waals surface area contributed by atoms with Crippen molar-refractivity contribution in [3.8, 4) is 0 Å². The molecule has 0 amide bonds. The second kappa shape index (κ2) is 4.53. The molecule has 0 N–H and O–H groups in total. The van der Waals surface area contributed by atoms with Crippen LogP contribution in [0.5, 0.6) is 0 Å². The first kappa shape index (κ1) is 11.6. The Bertz CT molecular complexity index is 367. The molecule has 1 aromatic carbocycles. The molecule has 0 saturated carbocycles. The zero-order chi connectivity index (χ0) is 11.6. The predicted octanol–water partition coefficient (Wildman–Crippen LogP) is -0.00300. The minimum absolute atomic E-state index is 0.0294. The molecule has 9 heteroatoms.